The molecule has 33 heavy (non-hydrogen) atoms. The predicted molar refractivity (Wildman–Crippen MR) is 112 cm³/mol. The molecule has 0 amide bonds. The van der Waals surface area contributed by atoms with E-state index < -0.39 is 23.9 Å². The van der Waals surface area contributed by atoms with Gasteiger partial charge in [0.15, 0.2) is 5.65 Å². The first-order chi connectivity index (χ1) is 15.8. The molecule has 0 bridgehead atoms. The topological polar surface area (TPSA) is 58.9 Å². The number of alkyl halides is 3. The Hall–Kier alpha value is -3.60. The Labute approximate surface area is 184 Å². The Morgan fingerprint density at radius 1 is 0.970 bits per heavy atom. The van der Waals surface area contributed by atoms with Crippen molar-refractivity contribution in [3.05, 3.63) is 66.5 Å². The maximum atomic E-state index is 14.6. The fourth-order valence-corrected chi connectivity index (χ4v) is 3.89. The van der Waals surface area contributed by atoms with E-state index in [-0.39, 0.29) is 24.5 Å². The molecule has 1 unspecified atom stereocenters. The molecule has 0 aliphatic carbocycles. The number of fused-ring (bicyclic) bond motifs is 1. The van der Waals surface area contributed by atoms with Gasteiger partial charge in [0.25, 0.3) is 0 Å². The number of hydrogen-bond acceptors (Lipinski definition) is 5. The summed E-state index contributed by atoms with van der Waals surface area (Å²) < 4.78 is 69.4. The van der Waals surface area contributed by atoms with Crippen molar-refractivity contribution in [1.82, 2.24) is 24.8 Å². The van der Waals surface area contributed by atoms with Crippen LogP contribution in [0.1, 0.15) is 0 Å². The van der Waals surface area contributed by atoms with E-state index in [4.69, 9.17) is 0 Å². The van der Waals surface area contributed by atoms with E-state index in [0.29, 0.717) is 29.2 Å². The van der Waals surface area contributed by atoms with Crippen LogP contribution in [0.25, 0.3) is 28.2 Å². The smallest absolute Gasteiger partial charge is 0.353 e. The Balaban J connectivity index is 1.66. The summed E-state index contributed by atoms with van der Waals surface area (Å²) in [5.41, 5.74) is 1.38. The van der Waals surface area contributed by atoms with Crippen LogP contribution in [-0.2, 0) is 0 Å². The third-order valence-corrected chi connectivity index (χ3v) is 5.48. The zero-order chi connectivity index (χ0) is 23.2. The van der Waals surface area contributed by atoms with Gasteiger partial charge in [-0.3, -0.25) is 9.55 Å². The third kappa shape index (κ3) is 3.99. The SMILES string of the molecule is Fc1ccc(-c2nc3ccc(N4CCNC(C(F)(F)F)C4)nc3n2-c2ccncc2)c(F)c1. The molecule has 1 atom stereocenters. The van der Waals surface area contributed by atoms with Crippen LogP contribution in [0, 0.1) is 11.6 Å². The summed E-state index contributed by atoms with van der Waals surface area (Å²) in [6, 6.07) is 8.08. The number of benzene rings is 1. The van der Waals surface area contributed by atoms with Crippen molar-refractivity contribution in [3.8, 4) is 17.1 Å². The molecule has 4 aromatic rings. The number of anilines is 1. The van der Waals surface area contributed by atoms with E-state index in [9.17, 15) is 22.0 Å². The number of imidazole rings is 1. The lowest BCUT2D eigenvalue weighted by Crippen LogP contribution is -2.57. The standard InChI is InChI=1S/C22H17F5N6/c23-13-1-2-15(16(24)11-13)20-30-17-3-4-19(32-10-9-29-18(12-32)22(25,26)27)31-21(17)33(20)14-5-7-28-8-6-14/h1-8,11,18,29H,9-10,12H2. The van der Waals surface area contributed by atoms with Crippen LogP contribution in [0.5, 0.6) is 0 Å². The Bertz CT molecular complexity index is 1300. The van der Waals surface area contributed by atoms with Gasteiger partial charge in [0.2, 0.25) is 0 Å². The third-order valence-electron chi connectivity index (χ3n) is 5.48. The number of halogens is 5. The summed E-state index contributed by atoms with van der Waals surface area (Å²) in [5.74, 6) is -0.983. The monoisotopic (exact) mass is 460 g/mol. The van der Waals surface area contributed by atoms with Crippen LogP contribution in [0.3, 0.4) is 0 Å². The second kappa shape index (κ2) is 8.07. The van der Waals surface area contributed by atoms with Crippen molar-refractivity contribution in [3.63, 3.8) is 0 Å². The van der Waals surface area contributed by atoms with Crippen molar-refractivity contribution in [2.24, 2.45) is 0 Å². The second-order valence-electron chi connectivity index (χ2n) is 7.61. The minimum Gasteiger partial charge on any atom is -0.353 e. The molecule has 0 radical (unpaired) electrons. The molecule has 1 N–H and O–H groups in total. The molecule has 1 fully saturated rings. The minimum absolute atomic E-state index is 0.0621. The molecule has 1 aliphatic rings. The maximum absolute atomic E-state index is 14.6. The van der Waals surface area contributed by atoms with E-state index in [0.717, 1.165) is 12.1 Å². The van der Waals surface area contributed by atoms with Crippen molar-refractivity contribution in [2.75, 3.05) is 24.5 Å². The zero-order valence-corrected chi connectivity index (χ0v) is 17.0. The van der Waals surface area contributed by atoms with Crippen molar-refractivity contribution < 1.29 is 22.0 Å². The maximum Gasteiger partial charge on any atom is 0.405 e. The molecule has 3 aromatic heterocycles. The van der Waals surface area contributed by atoms with Crippen molar-refractivity contribution in [1.29, 1.82) is 0 Å². The van der Waals surface area contributed by atoms with Crippen LogP contribution in [-0.4, -0.2) is 51.4 Å². The van der Waals surface area contributed by atoms with E-state index >= 15 is 0 Å². The fourth-order valence-electron chi connectivity index (χ4n) is 3.89. The highest BCUT2D eigenvalue weighted by atomic mass is 19.4. The van der Waals surface area contributed by atoms with Gasteiger partial charge in [-0.15, -0.1) is 0 Å². The highest BCUT2D eigenvalue weighted by molar-refractivity contribution is 5.81. The highest BCUT2D eigenvalue weighted by Gasteiger charge is 2.42. The molecular formula is C22H17F5N6. The number of rotatable bonds is 3. The van der Waals surface area contributed by atoms with Gasteiger partial charge in [0.1, 0.15) is 34.8 Å². The summed E-state index contributed by atoms with van der Waals surface area (Å²) in [6.45, 7) is 0.207. The summed E-state index contributed by atoms with van der Waals surface area (Å²) in [5, 5.41) is 2.48. The molecule has 170 valence electrons. The van der Waals surface area contributed by atoms with Gasteiger partial charge in [-0.1, -0.05) is 0 Å². The molecule has 1 aromatic carbocycles. The van der Waals surface area contributed by atoms with E-state index in [2.05, 4.69) is 20.3 Å². The quantitative estimate of drug-likeness (QED) is 0.467. The Kier molecular flexibility index (Phi) is 5.20. The van der Waals surface area contributed by atoms with Gasteiger partial charge in [0, 0.05) is 38.1 Å². The molecule has 11 heteroatoms. The number of nitrogens with one attached hydrogen (secondary N) is 1. The summed E-state index contributed by atoms with van der Waals surface area (Å²) >= 11 is 0. The average Bonchev–Trinajstić information content (AvgIpc) is 3.17. The molecule has 0 spiro atoms. The first-order valence-electron chi connectivity index (χ1n) is 10.1. The minimum atomic E-state index is -4.38. The van der Waals surface area contributed by atoms with Crippen LogP contribution in [0.4, 0.5) is 27.8 Å². The second-order valence-corrected chi connectivity index (χ2v) is 7.61. The van der Waals surface area contributed by atoms with Gasteiger partial charge in [0.05, 0.1) is 11.3 Å². The Morgan fingerprint density at radius 2 is 1.76 bits per heavy atom. The summed E-state index contributed by atoms with van der Waals surface area (Å²) in [4.78, 5) is 14.6. The normalized spacial score (nSPS) is 17.0. The fraction of sp³-hybridized carbons (Fsp3) is 0.227. The van der Waals surface area contributed by atoms with E-state index in [1.807, 2.05) is 0 Å². The van der Waals surface area contributed by atoms with Crippen LogP contribution >= 0.6 is 0 Å². The van der Waals surface area contributed by atoms with Gasteiger partial charge in [-0.2, -0.15) is 13.2 Å². The highest BCUT2D eigenvalue weighted by Crippen LogP contribution is 2.31. The molecule has 1 aliphatic heterocycles. The van der Waals surface area contributed by atoms with Gasteiger partial charge < -0.3 is 10.2 Å². The predicted octanol–water partition coefficient (Wildman–Crippen LogP) is 4.10. The molecular weight excluding hydrogens is 443 g/mol. The van der Waals surface area contributed by atoms with Crippen LogP contribution in [0.15, 0.2) is 54.9 Å². The summed E-state index contributed by atoms with van der Waals surface area (Å²) in [6.07, 6.45) is -1.30. The van der Waals surface area contributed by atoms with E-state index in [1.54, 1.807) is 46.1 Å². The lowest BCUT2D eigenvalue weighted by atomic mass is 10.2. The molecule has 5 rings (SSSR count). The number of nitrogens with zero attached hydrogens (tertiary/aromatic N) is 5. The molecule has 0 saturated carbocycles. The number of hydrogen-bond donors (Lipinski definition) is 1. The largest absolute Gasteiger partial charge is 0.405 e. The van der Waals surface area contributed by atoms with Crippen LogP contribution < -0.4 is 10.2 Å². The van der Waals surface area contributed by atoms with Crippen molar-refractivity contribution in [2.45, 2.75) is 12.2 Å². The lowest BCUT2D eigenvalue weighted by molar-refractivity contribution is -0.155. The van der Waals surface area contributed by atoms with E-state index in [1.165, 1.54) is 6.07 Å². The van der Waals surface area contributed by atoms with Gasteiger partial charge in [-0.05, 0) is 36.4 Å². The number of pyridine rings is 2. The number of aromatic nitrogens is 4. The first-order valence-corrected chi connectivity index (χ1v) is 10.1. The van der Waals surface area contributed by atoms with Gasteiger partial charge >= 0.3 is 6.18 Å². The summed E-state index contributed by atoms with van der Waals surface area (Å²) in [7, 11) is 0. The Morgan fingerprint density at radius 3 is 2.48 bits per heavy atom. The molecule has 1 saturated heterocycles. The zero-order valence-electron chi connectivity index (χ0n) is 17.0. The molecule has 6 nitrogen and oxygen atoms in total. The van der Waals surface area contributed by atoms with Crippen molar-refractivity contribution >= 4 is 17.0 Å². The molecule has 4 heterocycles. The average molecular weight is 460 g/mol. The lowest BCUT2D eigenvalue weighted by Gasteiger charge is -2.35. The number of piperazine rings is 1. The first kappa shape index (κ1) is 21.3. The van der Waals surface area contributed by atoms with Crippen LogP contribution in [0.2, 0.25) is 0 Å². The van der Waals surface area contributed by atoms with Gasteiger partial charge in [-0.25, -0.2) is 18.7 Å².